The van der Waals surface area contributed by atoms with Crippen LogP contribution in [0.3, 0.4) is 0 Å². The Morgan fingerprint density at radius 1 is 0.208 bits per heavy atom. The van der Waals surface area contributed by atoms with Crippen molar-refractivity contribution in [1.82, 2.24) is 0 Å². The van der Waals surface area contributed by atoms with Gasteiger partial charge in [-0.05, 0) is 98.4 Å². The van der Waals surface area contributed by atoms with Gasteiger partial charge in [0, 0.05) is 0 Å². The minimum Gasteiger partial charge on any atom is -0.0622 e. The zero-order valence-electron chi connectivity index (χ0n) is 26.3. The minimum absolute atomic E-state index is 1.22. The van der Waals surface area contributed by atoms with Gasteiger partial charge >= 0.3 is 0 Å². The van der Waals surface area contributed by atoms with Gasteiger partial charge in [0.15, 0.2) is 0 Å². The Kier molecular flexibility index (Phi) is 5.98. The molecule has 10 rings (SSSR count). The van der Waals surface area contributed by atoms with Crippen molar-refractivity contribution in [3.8, 4) is 44.5 Å². The molecule has 0 aromatic heterocycles. The third-order valence-electron chi connectivity index (χ3n) is 10.2. The molecule has 10 aromatic carbocycles. The van der Waals surface area contributed by atoms with Gasteiger partial charge in [-0.2, -0.15) is 0 Å². The fourth-order valence-corrected chi connectivity index (χ4v) is 8.01. The van der Waals surface area contributed by atoms with Crippen LogP contribution in [-0.4, -0.2) is 0 Å². The van der Waals surface area contributed by atoms with Crippen molar-refractivity contribution in [2.75, 3.05) is 0 Å². The summed E-state index contributed by atoms with van der Waals surface area (Å²) in [5.74, 6) is 0. The molecule has 0 saturated carbocycles. The third kappa shape index (κ3) is 4.10. The number of hydrogen-bond acceptors (Lipinski definition) is 0. The summed E-state index contributed by atoms with van der Waals surface area (Å²) in [5, 5.41) is 13.1. The second-order valence-electron chi connectivity index (χ2n) is 12.8. The minimum atomic E-state index is 1.22. The van der Waals surface area contributed by atoms with Gasteiger partial charge in [-0.1, -0.05) is 182 Å². The van der Waals surface area contributed by atoms with E-state index in [0.29, 0.717) is 0 Å². The summed E-state index contributed by atoms with van der Waals surface area (Å²) < 4.78 is 0. The average molecular weight is 607 g/mol. The predicted octanol–water partition coefficient (Wildman–Crippen LogP) is 13.6. The zero-order chi connectivity index (χ0) is 31.6. The van der Waals surface area contributed by atoms with Crippen LogP contribution in [0.4, 0.5) is 0 Å². The van der Waals surface area contributed by atoms with E-state index in [9.17, 15) is 0 Å². The van der Waals surface area contributed by atoms with Crippen molar-refractivity contribution in [3.05, 3.63) is 182 Å². The largest absolute Gasteiger partial charge is 0.0622 e. The maximum absolute atomic E-state index is 2.30. The highest BCUT2D eigenvalue weighted by Crippen LogP contribution is 2.44. The monoisotopic (exact) mass is 606 g/mol. The maximum Gasteiger partial charge on any atom is -0.00206 e. The molecule has 222 valence electrons. The molecule has 0 amide bonds. The van der Waals surface area contributed by atoms with Gasteiger partial charge < -0.3 is 0 Å². The Hall–Kier alpha value is -6.24. The molecule has 0 N–H and O–H groups in total. The van der Waals surface area contributed by atoms with Crippen LogP contribution in [0.2, 0.25) is 0 Å². The first-order chi connectivity index (χ1) is 23.8. The normalized spacial score (nSPS) is 11.8. The van der Waals surface area contributed by atoms with Crippen molar-refractivity contribution in [1.29, 1.82) is 0 Å². The summed E-state index contributed by atoms with van der Waals surface area (Å²) in [6, 6.07) is 66.9. The molecule has 48 heavy (non-hydrogen) atoms. The Bertz CT molecular complexity index is 2710. The van der Waals surface area contributed by atoms with Gasteiger partial charge in [-0.3, -0.25) is 0 Å². The summed E-state index contributed by atoms with van der Waals surface area (Å²) >= 11 is 0. The maximum atomic E-state index is 2.30. The summed E-state index contributed by atoms with van der Waals surface area (Å²) in [4.78, 5) is 0. The molecule has 0 saturated heterocycles. The molecule has 0 nitrogen and oxygen atoms in total. The lowest BCUT2D eigenvalue weighted by Crippen LogP contribution is -1.90. The molecule has 0 atom stereocenters. The Morgan fingerprint density at radius 2 is 0.625 bits per heavy atom. The molecular formula is C48H30. The standard InChI is InChI=1S/C48H30/c1-2-9-34(10-3-1)46-40-13-4-6-15-42(40)47(43-16-7-5-14-41(43)46)37-23-19-32(20-24-37)31-17-21-33(22-18-31)39-29-27-38-26-25-35-11-8-12-36-28-30-44(39)48(38)45(35)36/h1-30H. The van der Waals surface area contributed by atoms with Crippen LogP contribution in [0.15, 0.2) is 182 Å². The van der Waals surface area contributed by atoms with Crippen LogP contribution < -0.4 is 0 Å². The smallest absolute Gasteiger partial charge is 0.00206 e. The van der Waals surface area contributed by atoms with E-state index in [2.05, 4.69) is 182 Å². The summed E-state index contributed by atoms with van der Waals surface area (Å²) in [5.41, 5.74) is 10.0. The molecule has 0 fully saturated rings. The van der Waals surface area contributed by atoms with Crippen molar-refractivity contribution in [2.24, 2.45) is 0 Å². The summed E-state index contributed by atoms with van der Waals surface area (Å²) in [6.07, 6.45) is 0. The Morgan fingerprint density at radius 3 is 1.19 bits per heavy atom. The zero-order valence-corrected chi connectivity index (χ0v) is 26.3. The summed E-state index contributed by atoms with van der Waals surface area (Å²) in [6.45, 7) is 0. The molecule has 0 heteroatoms. The fraction of sp³-hybridized carbons (Fsp3) is 0. The second-order valence-corrected chi connectivity index (χ2v) is 12.8. The van der Waals surface area contributed by atoms with E-state index in [1.165, 1.54) is 98.4 Å². The Balaban J connectivity index is 1.05. The van der Waals surface area contributed by atoms with E-state index < -0.39 is 0 Å². The highest BCUT2D eigenvalue weighted by atomic mass is 14.2. The van der Waals surface area contributed by atoms with Gasteiger partial charge in [-0.25, -0.2) is 0 Å². The highest BCUT2D eigenvalue weighted by Gasteiger charge is 2.17. The molecule has 0 radical (unpaired) electrons. The van der Waals surface area contributed by atoms with E-state index in [4.69, 9.17) is 0 Å². The highest BCUT2D eigenvalue weighted by molar-refractivity contribution is 6.25. The first kappa shape index (κ1) is 26.9. The fourth-order valence-electron chi connectivity index (χ4n) is 8.01. The third-order valence-corrected chi connectivity index (χ3v) is 10.2. The van der Waals surface area contributed by atoms with Crippen LogP contribution in [-0.2, 0) is 0 Å². The van der Waals surface area contributed by atoms with Gasteiger partial charge in [0.1, 0.15) is 0 Å². The SMILES string of the molecule is c1ccc(-c2c3ccccc3c(-c3ccc(-c4ccc(-c5ccc6ccc7cccc8ccc5c6c78)cc4)cc3)c3ccccc23)cc1. The predicted molar refractivity (Wildman–Crippen MR) is 207 cm³/mol. The van der Waals surface area contributed by atoms with E-state index >= 15 is 0 Å². The van der Waals surface area contributed by atoms with E-state index in [1.807, 2.05) is 0 Å². The van der Waals surface area contributed by atoms with Gasteiger partial charge in [0.25, 0.3) is 0 Å². The van der Waals surface area contributed by atoms with Crippen molar-refractivity contribution >= 4 is 53.9 Å². The molecular weight excluding hydrogens is 577 g/mol. The molecule has 10 aromatic rings. The van der Waals surface area contributed by atoms with Crippen LogP contribution in [0.1, 0.15) is 0 Å². The van der Waals surface area contributed by atoms with Crippen molar-refractivity contribution < 1.29 is 0 Å². The quantitative estimate of drug-likeness (QED) is 0.138. The van der Waals surface area contributed by atoms with E-state index in [0.717, 1.165) is 0 Å². The second kappa shape index (κ2) is 10.7. The lowest BCUT2D eigenvalue weighted by atomic mass is 9.85. The number of hydrogen-bond donors (Lipinski definition) is 0. The van der Waals surface area contributed by atoms with Gasteiger partial charge in [0.05, 0.1) is 0 Å². The molecule has 0 aliphatic carbocycles. The van der Waals surface area contributed by atoms with Crippen LogP contribution in [0, 0.1) is 0 Å². The topological polar surface area (TPSA) is 0 Å². The molecule has 0 aliphatic rings. The molecule has 0 aliphatic heterocycles. The Labute approximate surface area is 279 Å². The van der Waals surface area contributed by atoms with E-state index in [-0.39, 0.29) is 0 Å². The van der Waals surface area contributed by atoms with Crippen LogP contribution >= 0.6 is 0 Å². The lowest BCUT2D eigenvalue weighted by Gasteiger charge is -2.18. The average Bonchev–Trinajstić information content (AvgIpc) is 3.16. The van der Waals surface area contributed by atoms with Gasteiger partial charge in [0.2, 0.25) is 0 Å². The van der Waals surface area contributed by atoms with Crippen LogP contribution in [0.25, 0.3) is 98.4 Å². The number of benzene rings is 10. The molecule has 0 bridgehead atoms. The first-order valence-corrected chi connectivity index (χ1v) is 16.7. The number of fused-ring (bicyclic) bond motifs is 2. The molecule has 0 spiro atoms. The van der Waals surface area contributed by atoms with Crippen molar-refractivity contribution in [3.63, 3.8) is 0 Å². The number of rotatable bonds is 4. The van der Waals surface area contributed by atoms with Gasteiger partial charge in [-0.15, -0.1) is 0 Å². The lowest BCUT2D eigenvalue weighted by molar-refractivity contribution is 1.60. The van der Waals surface area contributed by atoms with Crippen molar-refractivity contribution in [2.45, 2.75) is 0 Å². The molecule has 0 heterocycles. The molecule has 0 unspecified atom stereocenters. The first-order valence-electron chi connectivity index (χ1n) is 16.7. The van der Waals surface area contributed by atoms with Crippen LogP contribution in [0.5, 0.6) is 0 Å². The summed E-state index contributed by atoms with van der Waals surface area (Å²) in [7, 11) is 0. The van der Waals surface area contributed by atoms with E-state index in [1.54, 1.807) is 0 Å².